The number of amides is 1. The van der Waals surface area contributed by atoms with Gasteiger partial charge in [0.2, 0.25) is 5.91 Å². The van der Waals surface area contributed by atoms with Crippen molar-refractivity contribution in [3.8, 4) is 23.0 Å². The zero-order valence-electron chi connectivity index (χ0n) is 17.4. The molecule has 30 heavy (non-hydrogen) atoms. The van der Waals surface area contributed by atoms with Crippen LogP contribution in [-0.4, -0.2) is 41.7 Å². The molecule has 1 saturated heterocycles. The molecule has 7 nitrogen and oxygen atoms in total. The lowest BCUT2D eigenvalue weighted by molar-refractivity contribution is -0.128. The Kier molecular flexibility index (Phi) is 5.70. The second-order valence-electron chi connectivity index (χ2n) is 7.37. The largest absolute Gasteiger partial charge is 0.497 e. The molecule has 1 aromatic heterocycles. The average Bonchev–Trinajstić information content (AvgIpc) is 3.41. The molecule has 4 rings (SSSR count). The number of rotatable bonds is 7. The van der Waals surface area contributed by atoms with Crippen molar-refractivity contribution in [1.29, 1.82) is 0 Å². The Bertz CT molecular complexity index is 1030. The van der Waals surface area contributed by atoms with Crippen molar-refractivity contribution < 1.29 is 18.8 Å². The molecule has 2 heterocycles. The van der Waals surface area contributed by atoms with Crippen molar-refractivity contribution in [2.24, 2.45) is 0 Å². The molecule has 7 heteroatoms. The average molecular weight is 407 g/mol. The minimum Gasteiger partial charge on any atom is -0.497 e. The highest BCUT2D eigenvalue weighted by Gasteiger charge is 2.34. The van der Waals surface area contributed by atoms with Crippen LogP contribution in [0, 0.1) is 0 Å². The Morgan fingerprint density at radius 3 is 2.57 bits per heavy atom. The predicted molar refractivity (Wildman–Crippen MR) is 111 cm³/mol. The minimum absolute atomic E-state index is 0.0887. The van der Waals surface area contributed by atoms with Gasteiger partial charge in [-0.1, -0.05) is 36.3 Å². The standard InChI is InChI=1S/C23H25N3O4/c1-4-15-5-7-16(8-6-15)13-26-14-17(11-21(26)27)22-24-23(30-25-22)19-10-9-18(28-2)12-20(19)29-3/h5-10,12,17H,4,11,13-14H2,1-3H3. The number of ether oxygens (including phenoxy) is 2. The molecule has 1 aliphatic heterocycles. The van der Waals surface area contributed by atoms with Crippen LogP contribution in [0.2, 0.25) is 0 Å². The van der Waals surface area contributed by atoms with Gasteiger partial charge in [-0.15, -0.1) is 0 Å². The quantitative estimate of drug-likeness (QED) is 0.592. The van der Waals surface area contributed by atoms with Gasteiger partial charge in [0, 0.05) is 31.5 Å². The van der Waals surface area contributed by atoms with E-state index >= 15 is 0 Å². The lowest BCUT2D eigenvalue weighted by Crippen LogP contribution is -2.24. The zero-order chi connectivity index (χ0) is 21.1. The second-order valence-corrected chi connectivity index (χ2v) is 7.37. The summed E-state index contributed by atoms with van der Waals surface area (Å²) >= 11 is 0. The van der Waals surface area contributed by atoms with Crippen molar-refractivity contribution in [2.45, 2.75) is 32.2 Å². The first-order valence-electron chi connectivity index (χ1n) is 10.0. The molecule has 0 N–H and O–H groups in total. The minimum atomic E-state index is -0.0887. The molecule has 1 amide bonds. The first kappa shape index (κ1) is 19.9. The van der Waals surface area contributed by atoms with Crippen LogP contribution in [0.3, 0.4) is 0 Å². The normalized spacial score (nSPS) is 16.2. The smallest absolute Gasteiger partial charge is 0.261 e. The van der Waals surface area contributed by atoms with Gasteiger partial charge in [0.25, 0.3) is 5.89 Å². The van der Waals surface area contributed by atoms with Crippen LogP contribution in [0.15, 0.2) is 47.0 Å². The van der Waals surface area contributed by atoms with Crippen LogP contribution < -0.4 is 9.47 Å². The van der Waals surface area contributed by atoms with Crippen molar-refractivity contribution in [3.05, 3.63) is 59.4 Å². The highest BCUT2D eigenvalue weighted by molar-refractivity contribution is 5.79. The molecule has 1 unspecified atom stereocenters. The van der Waals surface area contributed by atoms with E-state index < -0.39 is 0 Å². The van der Waals surface area contributed by atoms with E-state index in [2.05, 4.69) is 41.3 Å². The zero-order valence-corrected chi connectivity index (χ0v) is 17.4. The first-order chi connectivity index (χ1) is 14.6. The topological polar surface area (TPSA) is 77.7 Å². The number of benzene rings is 2. The lowest BCUT2D eigenvalue weighted by Gasteiger charge is -2.16. The Hall–Kier alpha value is -3.35. The Balaban J connectivity index is 1.48. The first-order valence-corrected chi connectivity index (χ1v) is 10.0. The third-order valence-corrected chi connectivity index (χ3v) is 5.47. The summed E-state index contributed by atoms with van der Waals surface area (Å²) in [6, 6.07) is 13.8. The van der Waals surface area contributed by atoms with E-state index in [0.29, 0.717) is 48.3 Å². The van der Waals surface area contributed by atoms with Gasteiger partial charge in [0.05, 0.1) is 19.8 Å². The van der Waals surface area contributed by atoms with Crippen LogP contribution in [0.5, 0.6) is 11.5 Å². The fourth-order valence-electron chi connectivity index (χ4n) is 3.68. The molecule has 3 aromatic rings. The fourth-order valence-corrected chi connectivity index (χ4v) is 3.68. The van der Waals surface area contributed by atoms with E-state index in [9.17, 15) is 4.79 Å². The number of nitrogens with zero attached hydrogens (tertiary/aromatic N) is 3. The second kappa shape index (κ2) is 8.57. The highest BCUT2D eigenvalue weighted by Crippen LogP contribution is 2.34. The summed E-state index contributed by atoms with van der Waals surface area (Å²) in [6.07, 6.45) is 1.38. The molecule has 0 saturated carbocycles. The van der Waals surface area contributed by atoms with Crippen LogP contribution in [-0.2, 0) is 17.8 Å². The van der Waals surface area contributed by atoms with E-state index in [1.54, 1.807) is 20.3 Å². The van der Waals surface area contributed by atoms with Gasteiger partial charge >= 0.3 is 0 Å². The molecule has 2 aromatic carbocycles. The molecule has 156 valence electrons. The van der Waals surface area contributed by atoms with Crippen LogP contribution in [0.25, 0.3) is 11.5 Å². The number of hydrogen-bond donors (Lipinski definition) is 0. The van der Waals surface area contributed by atoms with Gasteiger partial charge < -0.3 is 18.9 Å². The molecule has 0 bridgehead atoms. The summed E-state index contributed by atoms with van der Waals surface area (Å²) in [6.45, 7) is 3.30. The van der Waals surface area contributed by atoms with Gasteiger partial charge in [-0.05, 0) is 29.7 Å². The number of methoxy groups -OCH3 is 2. The summed E-state index contributed by atoms with van der Waals surface area (Å²) in [4.78, 5) is 18.9. The van der Waals surface area contributed by atoms with Gasteiger partial charge in [-0.25, -0.2) is 0 Å². The summed E-state index contributed by atoms with van der Waals surface area (Å²) < 4.78 is 16.1. The Labute approximate surface area is 175 Å². The van der Waals surface area contributed by atoms with Crippen LogP contribution in [0.4, 0.5) is 0 Å². The van der Waals surface area contributed by atoms with E-state index in [4.69, 9.17) is 14.0 Å². The van der Waals surface area contributed by atoms with E-state index in [-0.39, 0.29) is 11.8 Å². The van der Waals surface area contributed by atoms with E-state index in [0.717, 1.165) is 12.0 Å². The number of carbonyl (C=O) groups excluding carboxylic acids is 1. The SMILES string of the molecule is CCc1ccc(CN2CC(c3noc(-c4ccc(OC)cc4OC)n3)CC2=O)cc1. The summed E-state index contributed by atoms with van der Waals surface area (Å²) in [5.74, 6) is 2.19. The number of likely N-dealkylation sites (tertiary alicyclic amines) is 1. The molecule has 1 fully saturated rings. The maximum Gasteiger partial charge on any atom is 0.261 e. The van der Waals surface area contributed by atoms with E-state index in [1.807, 2.05) is 17.0 Å². The molecule has 0 radical (unpaired) electrons. The number of hydrogen-bond acceptors (Lipinski definition) is 6. The lowest BCUT2D eigenvalue weighted by atomic mass is 10.1. The summed E-state index contributed by atoms with van der Waals surface area (Å²) in [7, 11) is 3.18. The van der Waals surface area contributed by atoms with Crippen LogP contribution >= 0.6 is 0 Å². The van der Waals surface area contributed by atoms with Gasteiger partial charge in [0.15, 0.2) is 5.82 Å². The van der Waals surface area contributed by atoms with Gasteiger partial charge in [0.1, 0.15) is 11.5 Å². The number of carbonyl (C=O) groups is 1. The molecular weight excluding hydrogens is 382 g/mol. The van der Waals surface area contributed by atoms with Crippen molar-refractivity contribution in [3.63, 3.8) is 0 Å². The number of aryl methyl sites for hydroxylation is 1. The maximum atomic E-state index is 12.5. The van der Waals surface area contributed by atoms with E-state index in [1.165, 1.54) is 5.56 Å². The molecule has 0 spiro atoms. The summed E-state index contributed by atoms with van der Waals surface area (Å²) in [5.41, 5.74) is 3.10. The third kappa shape index (κ3) is 4.01. The third-order valence-electron chi connectivity index (χ3n) is 5.47. The van der Waals surface area contributed by atoms with Gasteiger partial charge in [-0.3, -0.25) is 4.79 Å². The maximum absolute atomic E-state index is 12.5. The van der Waals surface area contributed by atoms with Crippen molar-refractivity contribution in [1.82, 2.24) is 15.0 Å². The Morgan fingerprint density at radius 2 is 1.87 bits per heavy atom. The van der Waals surface area contributed by atoms with Crippen molar-refractivity contribution >= 4 is 5.91 Å². The van der Waals surface area contributed by atoms with Crippen molar-refractivity contribution in [2.75, 3.05) is 20.8 Å². The van der Waals surface area contributed by atoms with Crippen LogP contribution in [0.1, 0.15) is 36.2 Å². The molecule has 1 aliphatic rings. The molecule has 1 atom stereocenters. The number of aromatic nitrogens is 2. The predicted octanol–water partition coefficient (Wildman–Crippen LogP) is 3.83. The molecule has 0 aliphatic carbocycles. The summed E-state index contributed by atoms with van der Waals surface area (Å²) in [5, 5.41) is 4.14. The highest BCUT2D eigenvalue weighted by atomic mass is 16.5. The molecular formula is C23H25N3O4. The monoisotopic (exact) mass is 407 g/mol. The van der Waals surface area contributed by atoms with Gasteiger partial charge in [-0.2, -0.15) is 4.98 Å². The Morgan fingerprint density at radius 1 is 1.10 bits per heavy atom. The fraction of sp³-hybridized carbons (Fsp3) is 0.348.